The molecule has 1 N–H and O–H groups in total. The fourth-order valence-electron chi connectivity index (χ4n) is 2.59. The van der Waals surface area contributed by atoms with Crippen molar-refractivity contribution in [3.05, 3.63) is 52.5 Å². The van der Waals surface area contributed by atoms with Gasteiger partial charge < -0.3 is 14.8 Å². The van der Waals surface area contributed by atoms with Crippen LogP contribution in [-0.4, -0.2) is 23.7 Å². The normalized spacial score (nSPS) is 10.7. The number of aromatic nitrogens is 2. The molecule has 136 valence electrons. The minimum Gasteiger partial charge on any atom is -0.494 e. The Morgan fingerprint density at radius 3 is 2.65 bits per heavy atom. The van der Waals surface area contributed by atoms with Gasteiger partial charge in [0.05, 0.1) is 13.7 Å². The van der Waals surface area contributed by atoms with Gasteiger partial charge in [0.15, 0.2) is 0 Å². The largest absolute Gasteiger partial charge is 0.494 e. The molecule has 2 aromatic carbocycles. The van der Waals surface area contributed by atoms with Crippen molar-refractivity contribution in [1.82, 2.24) is 9.97 Å². The van der Waals surface area contributed by atoms with E-state index in [1.807, 2.05) is 30.3 Å². The van der Waals surface area contributed by atoms with Crippen LogP contribution in [0.1, 0.15) is 25.3 Å². The maximum absolute atomic E-state index is 5.75. The Kier molecular flexibility index (Phi) is 6.28. The molecule has 1 aromatic heterocycles. The van der Waals surface area contributed by atoms with Gasteiger partial charge in [0, 0.05) is 16.4 Å². The van der Waals surface area contributed by atoms with Crippen molar-refractivity contribution < 1.29 is 9.47 Å². The van der Waals surface area contributed by atoms with E-state index in [1.54, 1.807) is 7.11 Å². The molecule has 3 rings (SSSR count). The fraction of sp³-hybridized carbons (Fsp3) is 0.300. The Hall–Kier alpha value is -2.34. The van der Waals surface area contributed by atoms with Crippen molar-refractivity contribution in [1.29, 1.82) is 0 Å². The summed E-state index contributed by atoms with van der Waals surface area (Å²) in [4.78, 5) is 9.14. The van der Waals surface area contributed by atoms with E-state index in [0.717, 1.165) is 34.0 Å². The van der Waals surface area contributed by atoms with Gasteiger partial charge in [-0.15, -0.1) is 0 Å². The molecule has 1 heterocycles. The van der Waals surface area contributed by atoms with E-state index >= 15 is 0 Å². The molecule has 0 radical (unpaired) electrons. The first-order chi connectivity index (χ1) is 12.7. The molecule has 0 amide bonds. The van der Waals surface area contributed by atoms with Gasteiger partial charge in [-0.25, -0.2) is 0 Å². The highest BCUT2D eigenvalue weighted by Gasteiger charge is 2.14. The van der Waals surface area contributed by atoms with Crippen LogP contribution in [0.5, 0.6) is 11.8 Å². The van der Waals surface area contributed by atoms with Crippen molar-refractivity contribution >= 4 is 32.7 Å². The summed E-state index contributed by atoms with van der Waals surface area (Å²) in [5.74, 6) is 1.41. The van der Waals surface area contributed by atoms with E-state index in [4.69, 9.17) is 9.47 Å². The van der Waals surface area contributed by atoms with Crippen LogP contribution in [0.15, 0.2) is 46.9 Å². The van der Waals surface area contributed by atoms with Crippen LogP contribution in [0.4, 0.5) is 5.82 Å². The van der Waals surface area contributed by atoms with Gasteiger partial charge in [-0.05, 0) is 24.1 Å². The van der Waals surface area contributed by atoms with Crippen molar-refractivity contribution in [3.63, 3.8) is 0 Å². The Balaban J connectivity index is 1.98. The zero-order chi connectivity index (χ0) is 18.4. The lowest BCUT2D eigenvalue weighted by molar-refractivity contribution is 0.286. The summed E-state index contributed by atoms with van der Waals surface area (Å²) in [5, 5.41) is 4.29. The average Bonchev–Trinajstić information content (AvgIpc) is 2.67. The minimum atomic E-state index is 0.363. The number of halogens is 1. The quantitative estimate of drug-likeness (QED) is 0.512. The van der Waals surface area contributed by atoms with Crippen LogP contribution >= 0.6 is 15.9 Å². The number of fused-ring (bicyclic) bond motifs is 1. The van der Waals surface area contributed by atoms with Gasteiger partial charge in [0.1, 0.15) is 17.1 Å². The van der Waals surface area contributed by atoms with E-state index < -0.39 is 0 Å². The molecule has 0 fully saturated rings. The summed E-state index contributed by atoms with van der Waals surface area (Å²) in [6.45, 7) is 3.38. The number of nitrogens with one attached hydrogen (secondary N) is 1. The van der Waals surface area contributed by atoms with Crippen LogP contribution in [0.3, 0.4) is 0 Å². The molecule has 26 heavy (non-hydrogen) atoms. The second-order valence-electron chi connectivity index (χ2n) is 5.90. The van der Waals surface area contributed by atoms with E-state index in [9.17, 15) is 0 Å². The molecular formula is C20H22BrN3O2. The van der Waals surface area contributed by atoms with Crippen molar-refractivity contribution in [3.8, 4) is 11.8 Å². The highest BCUT2D eigenvalue weighted by atomic mass is 79.9. The Bertz CT molecular complexity index is 872. The number of ether oxygens (including phenoxy) is 2. The Labute approximate surface area is 161 Å². The summed E-state index contributed by atoms with van der Waals surface area (Å²) in [7, 11) is 1.64. The van der Waals surface area contributed by atoms with Gasteiger partial charge in [-0.3, -0.25) is 0 Å². The van der Waals surface area contributed by atoms with Crippen LogP contribution in [-0.2, 0) is 6.54 Å². The lowest BCUT2D eigenvalue weighted by Crippen LogP contribution is -2.07. The molecule has 6 heteroatoms. The number of hydrogen-bond acceptors (Lipinski definition) is 5. The molecule has 0 spiro atoms. The molecule has 5 nitrogen and oxygen atoms in total. The number of rotatable bonds is 8. The summed E-state index contributed by atoms with van der Waals surface area (Å²) < 4.78 is 12.2. The summed E-state index contributed by atoms with van der Waals surface area (Å²) in [5.41, 5.74) is 1.91. The lowest BCUT2D eigenvalue weighted by Gasteiger charge is -2.13. The zero-order valence-electron chi connectivity index (χ0n) is 15.0. The number of benzene rings is 2. The average molecular weight is 416 g/mol. The first-order valence-electron chi connectivity index (χ1n) is 8.67. The van der Waals surface area contributed by atoms with Gasteiger partial charge >= 0.3 is 6.01 Å². The molecule has 0 aliphatic carbocycles. The number of methoxy groups -OCH3 is 1. The third kappa shape index (κ3) is 4.43. The Morgan fingerprint density at radius 1 is 1.12 bits per heavy atom. The maximum Gasteiger partial charge on any atom is 0.319 e. The molecule has 0 saturated carbocycles. The molecule has 0 saturated heterocycles. The highest BCUT2D eigenvalue weighted by Crippen LogP contribution is 2.33. The van der Waals surface area contributed by atoms with E-state index in [2.05, 4.69) is 50.3 Å². The zero-order valence-corrected chi connectivity index (χ0v) is 16.5. The predicted octanol–water partition coefficient (Wildman–Crippen LogP) is 5.19. The van der Waals surface area contributed by atoms with Gasteiger partial charge in [-0.2, -0.15) is 9.97 Å². The number of nitrogens with zero attached hydrogens (tertiary/aromatic N) is 2. The van der Waals surface area contributed by atoms with Crippen LogP contribution in [0.2, 0.25) is 0 Å². The van der Waals surface area contributed by atoms with Crippen LogP contribution in [0.25, 0.3) is 10.9 Å². The maximum atomic E-state index is 5.75. The first-order valence-corrected chi connectivity index (χ1v) is 9.46. The molecule has 0 aliphatic rings. The number of anilines is 1. The second kappa shape index (κ2) is 8.85. The summed E-state index contributed by atoms with van der Waals surface area (Å²) in [6, 6.07) is 14.4. The van der Waals surface area contributed by atoms with E-state index in [-0.39, 0.29) is 0 Å². The van der Waals surface area contributed by atoms with Gasteiger partial charge in [-0.1, -0.05) is 59.6 Å². The molecule has 0 bridgehead atoms. The highest BCUT2D eigenvalue weighted by molar-refractivity contribution is 9.10. The fourth-order valence-corrected chi connectivity index (χ4v) is 3.03. The third-order valence-corrected chi connectivity index (χ3v) is 4.42. The monoisotopic (exact) mass is 415 g/mol. The SMILES string of the molecule is CCCCOc1nc(NCc2ccccc2)c2cc(Br)cc(OC)c2n1. The van der Waals surface area contributed by atoms with E-state index in [0.29, 0.717) is 24.9 Å². The van der Waals surface area contributed by atoms with Crippen molar-refractivity contribution in [2.75, 3.05) is 19.0 Å². The smallest absolute Gasteiger partial charge is 0.319 e. The molecule has 0 atom stereocenters. The Morgan fingerprint density at radius 2 is 1.92 bits per heavy atom. The van der Waals surface area contributed by atoms with E-state index in [1.165, 1.54) is 5.56 Å². The van der Waals surface area contributed by atoms with Gasteiger partial charge in [0.25, 0.3) is 0 Å². The van der Waals surface area contributed by atoms with Crippen LogP contribution in [0, 0.1) is 0 Å². The topological polar surface area (TPSA) is 56.3 Å². The van der Waals surface area contributed by atoms with Crippen molar-refractivity contribution in [2.24, 2.45) is 0 Å². The summed E-state index contributed by atoms with van der Waals surface area (Å²) >= 11 is 3.53. The molecular weight excluding hydrogens is 394 g/mol. The number of unbranched alkanes of at least 4 members (excludes halogenated alkanes) is 1. The van der Waals surface area contributed by atoms with Crippen molar-refractivity contribution in [2.45, 2.75) is 26.3 Å². The second-order valence-corrected chi connectivity index (χ2v) is 6.82. The third-order valence-electron chi connectivity index (χ3n) is 3.96. The lowest BCUT2D eigenvalue weighted by atomic mass is 10.2. The predicted molar refractivity (Wildman–Crippen MR) is 108 cm³/mol. The van der Waals surface area contributed by atoms with Crippen LogP contribution < -0.4 is 14.8 Å². The minimum absolute atomic E-state index is 0.363. The standard InChI is InChI=1S/C20H22BrN3O2/c1-3-4-10-26-20-23-18-16(11-15(21)12-17(18)25-2)19(24-20)22-13-14-8-6-5-7-9-14/h5-9,11-12H,3-4,10,13H2,1-2H3,(H,22,23,24). The molecule has 3 aromatic rings. The molecule has 0 aliphatic heterocycles. The first kappa shape index (κ1) is 18.5. The number of hydrogen-bond donors (Lipinski definition) is 1. The summed E-state index contributed by atoms with van der Waals surface area (Å²) in [6.07, 6.45) is 2.02. The molecule has 0 unspecified atom stereocenters. The van der Waals surface area contributed by atoms with Gasteiger partial charge in [0.2, 0.25) is 0 Å².